The van der Waals surface area contributed by atoms with Crippen LogP contribution in [0.15, 0.2) is 23.8 Å². The Labute approximate surface area is 127 Å². The Morgan fingerprint density at radius 3 is 2.81 bits per heavy atom. The molecule has 21 heavy (non-hydrogen) atoms. The van der Waals surface area contributed by atoms with Crippen LogP contribution in [0.25, 0.3) is 0 Å². The van der Waals surface area contributed by atoms with Gasteiger partial charge in [0.05, 0.1) is 6.10 Å². The molecule has 0 heterocycles. The summed E-state index contributed by atoms with van der Waals surface area (Å²) >= 11 is 0. The molecule has 6 atom stereocenters. The minimum Gasteiger partial charge on any atom is -0.393 e. The van der Waals surface area contributed by atoms with Gasteiger partial charge < -0.3 is 5.11 Å². The molecule has 1 N–H and O–H groups in total. The minimum atomic E-state index is -0.106. The highest BCUT2D eigenvalue weighted by Gasteiger charge is 2.57. The van der Waals surface area contributed by atoms with E-state index in [2.05, 4.69) is 26.0 Å². The van der Waals surface area contributed by atoms with Gasteiger partial charge in [0, 0.05) is 11.8 Å². The molecule has 114 valence electrons. The minimum absolute atomic E-state index is 0.0890. The topological polar surface area (TPSA) is 37.3 Å². The number of fused-ring (bicyclic) bond motifs is 5. The zero-order valence-electron chi connectivity index (χ0n) is 13.1. The van der Waals surface area contributed by atoms with Crippen molar-refractivity contribution < 1.29 is 9.90 Å². The number of carbonyl (C=O) groups is 1. The Morgan fingerprint density at radius 1 is 1.19 bits per heavy atom. The molecule has 0 spiro atoms. The van der Waals surface area contributed by atoms with E-state index in [1.165, 1.54) is 18.4 Å². The second kappa shape index (κ2) is 4.32. The first-order valence-electron chi connectivity index (χ1n) is 8.55. The maximum Gasteiger partial charge on any atom is 0.159 e. The van der Waals surface area contributed by atoms with Crippen molar-refractivity contribution in [3.8, 4) is 0 Å². The quantitative estimate of drug-likeness (QED) is 0.690. The molecule has 1 unspecified atom stereocenters. The highest BCUT2D eigenvalue weighted by Crippen LogP contribution is 2.63. The van der Waals surface area contributed by atoms with Gasteiger partial charge in [-0.05, 0) is 61.3 Å². The maximum atomic E-state index is 11.7. The van der Waals surface area contributed by atoms with E-state index in [1.54, 1.807) is 0 Å². The molecule has 0 amide bonds. The Balaban J connectivity index is 1.72. The zero-order chi connectivity index (χ0) is 14.8. The molecule has 0 aliphatic heterocycles. The van der Waals surface area contributed by atoms with Crippen molar-refractivity contribution in [1.29, 1.82) is 0 Å². The number of carbonyl (C=O) groups excluding carboxylic acids is 1. The summed E-state index contributed by atoms with van der Waals surface area (Å²) < 4.78 is 0. The van der Waals surface area contributed by atoms with Crippen LogP contribution in [0.2, 0.25) is 0 Å². The number of rotatable bonds is 0. The molecule has 0 bridgehead atoms. The highest BCUT2D eigenvalue weighted by molar-refractivity contribution is 5.93. The van der Waals surface area contributed by atoms with Gasteiger partial charge >= 0.3 is 0 Å². The fraction of sp³-hybridized carbons (Fsp3) is 0.737. The molecule has 4 aliphatic carbocycles. The number of aliphatic hydroxyl groups excluding tert-OH is 1. The van der Waals surface area contributed by atoms with Crippen LogP contribution in [-0.2, 0) is 4.79 Å². The molecule has 4 rings (SSSR count). The highest BCUT2D eigenvalue weighted by atomic mass is 16.3. The smallest absolute Gasteiger partial charge is 0.159 e. The zero-order valence-corrected chi connectivity index (χ0v) is 13.1. The van der Waals surface area contributed by atoms with Gasteiger partial charge in [-0.3, -0.25) is 4.79 Å². The average Bonchev–Trinajstić information content (AvgIpc) is 2.76. The van der Waals surface area contributed by atoms with Gasteiger partial charge in [0.15, 0.2) is 5.78 Å². The molecule has 0 aromatic carbocycles. The van der Waals surface area contributed by atoms with Gasteiger partial charge in [-0.2, -0.15) is 0 Å². The van der Waals surface area contributed by atoms with Crippen molar-refractivity contribution in [2.75, 3.05) is 0 Å². The first-order chi connectivity index (χ1) is 9.95. The van der Waals surface area contributed by atoms with Crippen molar-refractivity contribution in [2.24, 2.45) is 28.6 Å². The van der Waals surface area contributed by atoms with Crippen molar-refractivity contribution in [3.05, 3.63) is 23.8 Å². The Morgan fingerprint density at radius 2 is 2.00 bits per heavy atom. The standard InChI is InChI=1S/C19H26O2/c1-18-9-7-13(20)11-12(18)3-4-14-15-5-6-17(21)19(15,2)10-8-16(14)18/h3,7,9,14-17,21H,4-6,8,10-11H2,1-2H3/t14-,15-,16+,17?,18-,19-/m0/s1. The summed E-state index contributed by atoms with van der Waals surface area (Å²) in [6.45, 7) is 4.65. The fourth-order valence-corrected chi connectivity index (χ4v) is 6.08. The van der Waals surface area contributed by atoms with E-state index in [1.807, 2.05) is 6.08 Å². The van der Waals surface area contributed by atoms with Crippen LogP contribution in [0.1, 0.15) is 52.4 Å². The van der Waals surface area contributed by atoms with Gasteiger partial charge in [-0.1, -0.05) is 31.6 Å². The average molecular weight is 286 g/mol. The number of ketones is 1. The SMILES string of the molecule is C[C@]12C=CC(=O)CC1=CC[C@@H]1[C@H]2CC[C@]2(C)C(O)CC[C@@H]12. The van der Waals surface area contributed by atoms with Gasteiger partial charge in [0.25, 0.3) is 0 Å². The number of aliphatic hydroxyl groups is 1. The summed E-state index contributed by atoms with van der Waals surface area (Å²) in [5.41, 5.74) is 1.58. The van der Waals surface area contributed by atoms with Gasteiger partial charge in [0.1, 0.15) is 0 Å². The van der Waals surface area contributed by atoms with E-state index in [9.17, 15) is 9.90 Å². The van der Waals surface area contributed by atoms with Crippen LogP contribution in [0.4, 0.5) is 0 Å². The lowest BCUT2D eigenvalue weighted by Crippen LogP contribution is -2.49. The van der Waals surface area contributed by atoms with Crippen LogP contribution in [0, 0.1) is 28.6 Å². The van der Waals surface area contributed by atoms with Crippen LogP contribution in [0.5, 0.6) is 0 Å². The second-order valence-corrected chi connectivity index (χ2v) is 8.24. The summed E-state index contributed by atoms with van der Waals surface area (Å²) in [5.74, 6) is 2.26. The van der Waals surface area contributed by atoms with E-state index < -0.39 is 0 Å². The van der Waals surface area contributed by atoms with Crippen LogP contribution >= 0.6 is 0 Å². The molecule has 0 saturated heterocycles. The lowest BCUT2D eigenvalue weighted by molar-refractivity contribution is -0.115. The fourth-order valence-electron chi connectivity index (χ4n) is 6.08. The molecule has 2 fully saturated rings. The number of hydrogen-bond donors (Lipinski definition) is 1. The largest absolute Gasteiger partial charge is 0.393 e. The van der Waals surface area contributed by atoms with Crippen LogP contribution < -0.4 is 0 Å². The lowest BCUT2D eigenvalue weighted by atomic mass is 9.49. The lowest BCUT2D eigenvalue weighted by Gasteiger charge is -2.55. The predicted molar refractivity (Wildman–Crippen MR) is 82.6 cm³/mol. The van der Waals surface area contributed by atoms with E-state index >= 15 is 0 Å². The van der Waals surface area contributed by atoms with Crippen molar-refractivity contribution in [1.82, 2.24) is 0 Å². The van der Waals surface area contributed by atoms with Crippen molar-refractivity contribution in [2.45, 2.75) is 58.5 Å². The normalized spacial score (nSPS) is 52.0. The monoisotopic (exact) mass is 286 g/mol. The van der Waals surface area contributed by atoms with Gasteiger partial charge in [0.2, 0.25) is 0 Å². The summed E-state index contributed by atoms with van der Waals surface area (Å²) in [6.07, 6.45) is 12.5. The second-order valence-electron chi connectivity index (χ2n) is 8.24. The molecule has 0 aromatic heterocycles. The summed E-state index contributed by atoms with van der Waals surface area (Å²) in [5, 5.41) is 10.4. The van der Waals surface area contributed by atoms with Crippen LogP contribution in [-0.4, -0.2) is 17.0 Å². The van der Waals surface area contributed by atoms with Gasteiger partial charge in [-0.15, -0.1) is 0 Å². The molecule has 2 nitrogen and oxygen atoms in total. The predicted octanol–water partition coefficient (Wildman–Crippen LogP) is 3.66. The third kappa shape index (κ3) is 1.72. The summed E-state index contributed by atoms with van der Waals surface area (Å²) in [4.78, 5) is 11.7. The molecule has 0 aromatic rings. The van der Waals surface area contributed by atoms with Crippen molar-refractivity contribution in [3.63, 3.8) is 0 Å². The van der Waals surface area contributed by atoms with E-state index in [0.29, 0.717) is 24.2 Å². The third-order valence-electron chi connectivity index (χ3n) is 7.47. The summed E-state index contributed by atoms with van der Waals surface area (Å²) in [7, 11) is 0. The van der Waals surface area contributed by atoms with E-state index in [0.717, 1.165) is 19.3 Å². The maximum absolute atomic E-state index is 11.7. The van der Waals surface area contributed by atoms with E-state index in [4.69, 9.17) is 0 Å². The Kier molecular flexibility index (Phi) is 2.83. The molecular formula is C19H26O2. The Hall–Kier alpha value is -0.890. The molecular weight excluding hydrogens is 260 g/mol. The Bertz CT molecular complexity index is 546. The molecule has 2 heteroatoms. The molecule has 2 saturated carbocycles. The first kappa shape index (κ1) is 13.8. The van der Waals surface area contributed by atoms with Crippen LogP contribution in [0.3, 0.4) is 0 Å². The summed E-state index contributed by atoms with van der Waals surface area (Å²) in [6, 6.07) is 0. The molecule has 4 aliphatic rings. The third-order valence-corrected chi connectivity index (χ3v) is 7.47. The van der Waals surface area contributed by atoms with Gasteiger partial charge in [-0.25, -0.2) is 0 Å². The number of hydrogen-bond acceptors (Lipinski definition) is 2. The van der Waals surface area contributed by atoms with Crippen molar-refractivity contribution >= 4 is 5.78 Å². The first-order valence-corrected chi connectivity index (χ1v) is 8.55. The number of allylic oxidation sites excluding steroid dienone is 4. The van der Waals surface area contributed by atoms with E-state index in [-0.39, 0.29) is 22.7 Å². The molecule has 0 radical (unpaired) electrons.